The van der Waals surface area contributed by atoms with Gasteiger partial charge in [-0.15, -0.1) is 0 Å². The van der Waals surface area contributed by atoms with Crippen LogP contribution in [0.1, 0.15) is 34.6 Å². The minimum absolute atomic E-state index is 0.203. The van der Waals surface area contributed by atoms with Gasteiger partial charge in [0.2, 0.25) is 0 Å². The normalized spacial score (nSPS) is 11.9. The molecule has 0 radical (unpaired) electrons. The summed E-state index contributed by atoms with van der Waals surface area (Å²) in [6.45, 7) is 10.4. The molecule has 0 aromatic carbocycles. The number of esters is 1. The number of hydrogen-bond acceptors (Lipinski definition) is 4. The van der Waals surface area contributed by atoms with E-state index in [2.05, 4.69) is 0 Å². The first-order valence-corrected chi connectivity index (χ1v) is 6.50. The quantitative estimate of drug-likeness (QED) is 0.525. The van der Waals surface area contributed by atoms with Crippen LogP contribution in [0.5, 0.6) is 0 Å². The second-order valence-corrected chi connectivity index (χ2v) is 5.41. The van der Waals surface area contributed by atoms with Gasteiger partial charge in [-0.2, -0.15) is 0 Å². The molecule has 4 nitrogen and oxygen atoms in total. The van der Waals surface area contributed by atoms with Gasteiger partial charge >= 0.3 is 5.97 Å². The molecule has 0 saturated carbocycles. The van der Waals surface area contributed by atoms with Gasteiger partial charge in [0.05, 0.1) is 13.2 Å². The molecule has 15 heavy (non-hydrogen) atoms. The largest absolute Gasteiger partial charge is 0.460 e. The average molecular weight is 236 g/mol. The van der Waals surface area contributed by atoms with E-state index in [4.69, 9.17) is 13.8 Å². The Labute approximate surface area is 93.2 Å². The molecule has 0 saturated heterocycles. The summed E-state index contributed by atoms with van der Waals surface area (Å²) in [5.41, 5.74) is -0.448. The van der Waals surface area contributed by atoms with E-state index in [-0.39, 0.29) is 12.1 Å². The maximum atomic E-state index is 11.5. The molecule has 0 aliphatic rings. The zero-order valence-electron chi connectivity index (χ0n) is 10.2. The summed E-state index contributed by atoms with van der Waals surface area (Å²) < 4.78 is 15.8. The van der Waals surface area contributed by atoms with Crippen molar-refractivity contribution in [3.05, 3.63) is 0 Å². The molecule has 0 heterocycles. The average Bonchev–Trinajstić information content (AvgIpc) is 2.00. The highest BCUT2D eigenvalue weighted by Crippen LogP contribution is 2.38. The molecule has 0 fully saturated rings. The zero-order chi connectivity index (χ0) is 11.9. The minimum atomic E-state index is -1.13. The van der Waals surface area contributed by atoms with Crippen LogP contribution in [0.15, 0.2) is 0 Å². The fourth-order valence-electron chi connectivity index (χ4n) is 0.896. The van der Waals surface area contributed by atoms with Crippen molar-refractivity contribution >= 4 is 14.3 Å². The Morgan fingerprint density at radius 2 is 1.60 bits per heavy atom. The Morgan fingerprint density at radius 3 is 1.93 bits per heavy atom. The van der Waals surface area contributed by atoms with Crippen molar-refractivity contribution in [2.45, 2.75) is 40.2 Å². The first-order chi connectivity index (χ1) is 6.89. The zero-order valence-corrected chi connectivity index (χ0v) is 11.1. The van der Waals surface area contributed by atoms with Crippen molar-refractivity contribution in [2.24, 2.45) is 0 Å². The van der Waals surface area contributed by atoms with Crippen LogP contribution < -0.4 is 0 Å². The number of carbonyl (C=O) groups excluding carboxylic acids is 1. The summed E-state index contributed by atoms with van der Waals surface area (Å²) in [4.78, 5) is 11.5. The van der Waals surface area contributed by atoms with Gasteiger partial charge in [-0.3, -0.25) is 4.79 Å². The topological polar surface area (TPSA) is 44.8 Å². The maximum absolute atomic E-state index is 11.5. The second kappa shape index (κ2) is 7.15. The number of hydrogen-bond donors (Lipinski definition) is 0. The first-order valence-electron chi connectivity index (χ1n) is 5.14. The van der Waals surface area contributed by atoms with E-state index in [1.165, 1.54) is 0 Å². The monoisotopic (exact) mass is 236 g/mol. The second-order valence-electron chi connectivity index (χ2n) is 3.91. The fourth-order valence-corrected chi connectivity index (χ4v) is 2.00. The van der Waals surface area contributed by atoms with Crippen molar-refractivity contribution in [1.29, 1.82) is 0 Å². The summed E-state index contributed by atoms with van der Waals surface area (Å²) in [6, 6.07) is 0. The van der Waals surface area contributed by atoms with Crippen LogP contribution in [0, 0.1) is 0 Å². The minimum Gasteiger partial charge on any atom is -0.460 e. The molecule has 0 aromatic heterocycles. The standard InChI is InChI=1S/C10H21O4P/c1-6-12-15(13-7-2)8-9(11)14-10(3,4)5/h6-8H2,1-5H3. The van der Waals surface area contributed by atoms with E-state index in [1.54, 1.807) is 0 Å². The summed E-state index contributed by atoms with van der Waals surface area (Å²) in [7, 11) is -1.13. The van der Waals surface area contributed by atoms with Gasteiger partial charge in [-0.25, -0.2) is 0 Å². The summed E-state index contributed by atoms with van der Waals surface area (Å²) in [5, 5.41) is 0. The van der Waals surface area contributed by atoms with E-state index in [0.29, 0.717) is 13.2 Å². The van der Waals surface area contributed by atoms with E-state index in [9.17, 15) is 4.79 Å². The van der Waals surface area contributed by atoms with Crippen LogP contribution in [0.25, 0.3) is 0 Å². The molecule has 0 atom stereocenters. The lowest BCUT2D eigenvalue weighted by Crippen LogP contribution is -2.25. The Morgan fingerprint density at radius 1 is 1.13 bits per heavy atom. The Hall–Kier alpha value is -0.180. The fraction of sp³-hybridized carbons (Fsp3) is 0.900. The first kappa shape index (κ1) is 14.8. The highest BCUT2D eigenvalue weighted by molar-refractivity contribution is 7.48. The third-order valence-electron chi connectivity index (χ3n) is 1.22. The van der Waals surface area contributed by atoms with Crippen LogP contribution >= 0.6 is 8.38 Å². The van der Waals surface area contributed by atoms with Gasteiger partial charge in [-0.05, 0) is 34.6 Å². The van der Waals surface area contributed by atoms with Crippen molar-refractivity contribution in [1.82, 2.24) is 0 Å². The Bertz CT molecular complexity index is 182. The lowest BCUT2D eigenvalue weighted by molar-refractivity contribution is -0.151. The molecule has 0 spiro atoms. The molecule has 0 unspecified atom stereocenters. The smallest absolute Gasteiger partial charge is 0.315 e. The van der Waals surface area contributed by atoms with Crippen molar-refractivity contribution in [3.63, 3.8) is 0 Å². The van der Waals surface area contributed by atoms with E-state index >= 15 is 0 Å². The Kier molecular flexibility index (Phi) is 7.07. The molecule has 0 aliphatic heterocycles. The molecule has 0 amide bonds. The lowest BCUT2D eigenvalue weighted by Gasteiger charge is -2.21. The predicted molar refractivity (Wildman–Crippen MR) is 60.9 cm³/mol. The van der Waals surface area contributed by atoms with Gasteiger partial charge < -0.3 is 13.8 Å². The molecule has 0 rings (SSSR count). The van der Waals surface area contributed by atoms with Crippen LogP contribution in [-0.2, 0) is 18.6 Å². The number of ether oxygens (including phenoxy) is 1. The van der Waals surface area contributed by atoms with Gasteiger partial charge in [0, 0.05) is 0 Å². The lowest BCUT2D eigenvalue weighted by atomic mass is 10.2. The summed E-state index contributed by atoms with van der Waals surface area (Å²) in [6.07, 6.45) is 0.203. The third-order valence-corrected chi connectivity index (χ3v) is 2.83. The highest BCUT2D eigenvalue weighted by Gasteiger charge is 2.21. The molecule has 0 bridgehead atoms. The van der Waals surface area contributed by atoms with E-state index in [1.807, 2.05) is 34.6 Å². The van der Waals surface area contributed by atoms with E-state index < -0.39 is 14.0 Å². The molecule has 90 valence electrons. The van der Waals surface area contributed by atoms with Crippen LogP contribution in [0.3, 0.4) is 0 Å². The van der Waals surface area contributed by atoms with Crippen molar-refractivity contribution in [3.8, 4) is 0 Å². The predicted octanol–water partition coefficient (Wildman–Crippen LogP) is 2.71. The van der Waals surface area contributed by atoms with E-state index in [0.717, 1.165) is 0 Å². The van der Waals surface area contributed by atoms with Gasteiger partial charge in [0.15, 0.2) is 8.38 Å². The summed E-state index contributed by atoms with van der Waals surface area (Å²) in [5.74, 6) is -0.268. The van der Waals surface area contributed by atoms with Gasteiger partial charge in [0.1, 0.15) is 11.8 Å². The third kappa shape index (κ3) is 8.79. The number of rotatable bonds is 6. The SMILES string of the molecule is CCOP(CC(=O)OC(C)(C)C)OCC. The van der Waals surface area contributed by atoms with Gasteiger partial charge in [0.25, 0.3) is 0 Å². The molecular weight excluding hydrogens is 215 g/mol. The molecular formula is C10H21O4P. The van der Waals surface area contributed by atoms with Crippen LogP contribution in [0.4, 0.5) is 0 Å². The highest BCUT2D eigenvalue weighted by atomic mass is 31.2. The molecule has 5 heteroatoms. The van der Waals surface area contributed by atoms with Crippen molar-refractivity contribution < 1.29 is 18.6 Å². The summed E-state index contributed by atoms with van der Waals surface area (Å²) >= 11 is 0. The number of carbonyl (C=O) groups is 1. The molecule has 0 N–H and O–H groups in total. The molecule has 0 aromatic rings. The van der Waals surface area contributed by atoms with Crippen LogP contribution in [-0.4, -0.2) is 30.9 Å². The maximum Gasteiger partial charge on any atom is 0.315 e. The molecule has 0 aliphatic carbocycles. The van der Waals surface area contributed by atoms with Crippen LogP contribution in [0.2, 0.25) is 0 Å². The van der Waals surface area contributed by atoms with Gasteiger partial charge in [-0.1, -0.05) is 0 Å². The van der Waals surface area contributed by atoms with Crippen molar-refractivity contribution in [2.75, 3.05) is 19.4 Å². The Balaban J connectivity index is 3.99.